The van der Waals surface area contributed by atoms with Crippen LogP contribution in [-0.2, 0) is 0 Å². The van der Waals surface area contributed by atoms with Gasteiger partial charge in [-0.05, 0) is 17.2 Å². The van der Waals surface area contributed by atoms with E-state index in [0.29, 0.717) is 0 Å². The third kappa shape index (κ3) is 3.28. The molecule has 94 valence electrons. The fraction of sp³-hybridized carbons (Fsp3) is 0.182. The molecule has 6 nitrogen and oxygen atoms in total. The van der Waals surface area contributed by atoms with Crippen LogP contribution in [0.25, 0.3) is 0 Å². The molecular formula is C11H12ClN5O. The Kier molecular flexibility index (Phi) is 3.91. The zero-order chi connectivity index (χ0) is 13.0. The Morgan fingerprint density at radius 3 is 2.61 bits per heavy atom. The molecule has 0 saturated carbocycles. The second-order valence-electron chi connectivity index (χ2n) is 3.59. The highest BCUT2D eigenvalue weighted by molar-refractivity contribution is 6.28. The number of nitrogens with two attached hydrogens (primary N) is 1. The predicted molar refractivity (Wildman–Crippen MR) is 69.1 cm³/mol. The van der Waals surface area contributed by atoms with Crippen molar-refractivity contribution in [2.45, 2.75) is 6.10 Å². The standard InChI is InChI=1S/C11H12ClN5O/c12-9-15-10(13)17-11(16-9)14-6-8(18)7-4-2-1-3-5-7/h1-5,8,18H,6H2,(H3,13,14,15,16,17). The van der Waals surface area contributed by atoms with Gasteiger partial charge in [0.1, 0.15) is 0 Å². The molecule has 0 radical (unpaired) electrons. The van der Waals surface area contributed by atoms with E-state index in [4.69, 9.17) is 17.3 Å². The Hall–Kier alpha value is -1.92. The zero-order valence-corrected chi connectivity index (χ0v) is 10.2. The molecule has 1 unspecified atom stereocenters. The van der Waals surface area contributed by atoms with Crippen molar-refractivity contribution in [3.8, 4) is 0 Å². The summed E-state index contributed by atoms with van der Waals surface area (Å²) < 4.78 is 0. The number of halogens is 1. The summed E-state index contributed by atoms with van der Waals surface area (Å²) in [6, 6.07) is 9.27. The van der Waals surface area contributed by atoms with Crippen LogP contribution in [0.4, 0.5) is 11.9 Å². The van der Waals surface area contributed by atoms with E-state index in [0.717, 1.165) is 5.56 Å². The quantitative estimate of drug-likeness (QED) is 0.770. The van der Waals surface area contributed by atoms with E-state index >= 15 is 0 Å². The molecule has 7 heteroatoms. The number of benzene rings is 1. The van der Waals surface area contributed by atoms with Crippen molar-refractivity contribution in [2.24, 2.45) is 0 Å². The zero-order valence-electron chi connectivity index (χ0n) is 9.42. The molecule has 0 saturated heterocycles. The molecule has 0 aliphatic heterocycles. The summed E-state index contributed by atoms with van der Waals surface area (Å²) in [6.45, 7) is 0.254. The highest BCUT2D eigenvalue weighted by Gasteiger charge is 2.08. The predicted octanol–water partition coefficient (Wildman–Crippen LogP) is 1.25. The fourth-order valence-electron chi connectivity index (χ4n) is 1.43. The van der Waals surface area contributed by atoms with Gasteiger partial charge in [-0.15, -0.1) is 0 Å². The van der Waals surface area contributed by atoms with Gasteiger partial charge in [0.05, 0.1) is 6.10 Å². The number of nitrogens with one attached hydrogen (secondary N) is 1. The summed E-state index contributed by atoms with van der Waals surface area (Å²) in [6.07, 6.45) is -0.664. The molecule has 2 aromatic rings. The smallest absolute Gasteiger partial charge is 0.228 e. The molecule has 4 N–H and O–H groups in total. The van der Waals surface area contributed by atoms with Gasteiger partial charge < -0.3 is 16.2 Å². The highest BCUT2D eigenvalue weighted by Crippen LogP contribution is 2.13. The molecule has 0 amide bonds. The Balaban J connectivity index is 1.99. The summed E-state index contributed by atoms with van der Waals surface area (Å²) >= 11 is 5.64. The average molecular weight is 266 g/mol. The number of aromatic nitrogens is 3. The Labute approximate surface area is 109 Å². The van der Waals surface area contributed by atoms with Crippen molar-refractivity contribution >= 4 is 23.5 Å². The number of rotatable bonds is 4. The number of nitrogens with zero attached hydrogens (tertiary/aromatic N) is 3. The van der Waals surface area contributed by atoms with E-state index in [1.807, 2.05) is 30.3 Å². The molecule has 0 aliphatic carbocycles. The monoisotopic (exact) mass is 265 g/mol. The van der Waals surface area contributed by atoms with Crippen LogP contribution in [0.5, 0.6) is 0 Å². The summed E-state index contributed by atoms with van der Waals surface area (Å²) in [7, 11) is 0. The van der Waals surface area contributed by atoms with Gasteiger partial charge in [-0.25, -0.2) is 0 Å². The van der Waals surface area contributed by atoms with Gasteiger partial charge in [0, 0.05) is 6.54 Å². The van der Waals surface area contributed by atoms with Crippen molar-refractivity contribution in [3.63, 3.8) is 0 Å². The maximum atomic E-state index is 9.92. The first-order valence-electron chi connectivity index (χ1n) is 5.29. The van der Waals surface area contributed by atoms with Crippen molar-refractivity contribution in [2.75, 3.05) is 17.6 Å². The third-order valence-corrected chi connectivity index (χ3v) is 2.43. The average Bonchev–Trinajstić information content (AvgIpc) is 2.36. The molecule has 1 aromatic carbocycles. The molecular weight excluding hydrogens is 254 g/mol. The molecule has 0 fully saturated rings. The van der Waals surface area contributed by atoms with E-state index < -0.39 is 6.10 Å². The molecule has 1 aromatic heterocycles. The number of aliphatic hydroxyl groups excluding tert-OH is 1. The molecule has 0 aliphatic rings. The first-order valence-corrected chi connectivity index (χ1v) is 5.67. The van der Waals surface area contributed by atoms with Crippen molar-refractivity contribution in [1.82, 2.24) is 15.0 Å². The topological polar surface area (TPSA) is 97.0 Å². The van der Waals surface area contributed by atoms with Gasteiger partial charge in [-0.1, -0.05) is 30.3 Å². The molecule has 1 atom stereocenters. The molecule has 1 heterocycles. The van der Waals surface area contributed by atoms with Crippen LogP contribution in [0.2, 0.25) is 5.28 Å². The minimum absolute atomic E-state index is 0.0131. The van der Waals surface area contributed by atoms with Crippen LogP contribution in [0, 0.1) is 0 Å². The van der Waals surface area contributed by atoms with Crippen LogP contribution in [0.15, 0.2) is 30.3 Å². The summed E-state index contributed by atoms with van der Waals surface area (Å²) in [5.41, 5.74) is 6.23. The van der Waals surface area contributed by atoms with Crippen LogP contribution in [0.3, 0.4) is 0 Å². The second-order valence-corrected chi connectivity index (χ2v) is 3.93. The SMILES string of the molecule is Nc1nc(Cl)nc(NCC(O)c2ccccc2)n1. The number of hydrogen-bond acceptors (Lipinski definition) is 6. The highest BCUT2D eigenvalue weighted by atomic mass is 35.5. The number of aliphatic hydroxyl groups is 1. The number of hydrogen-bond donors (Lipinski definition) is 3. The maximum absolute atomic E-state index is 9.92. The minimum Gasteiger partial charge on any atom is -0.387 e. The van der Waals surface area contributed by atoms with E-state index in [2.05, 4.69) is 20.3 Å². The normalized spacial score (nSPS) is 12.1. The summed E-state index contributed by atoms with van der Waals surface area (Å²) in [4.78, 5) is 11.3. The molecule has 2 rings (SSSR count). The Bertz CT molecular complexity index is 502. The van der Waals surface area contributed by atoms with E-state index in [1.165, 1.54) is 0 Å². The van der Waals surface area contributed by atoms with Crippen molar-refractivity contribution < 1.29 is 5.11 Å². The van der Waals surface area contributed by atoms with E-state index in [-0.39, 0.29) is 23.7 Å². The van der Waals surface area contributed by atoms with E-state index in [1.54, 1.807) is 0 Å². The van der Waals surface area contributed by atoms with Gasteiger partial charge in [-0.2, -0.15) is 15.0 Å². The minimum atomic E-state index is -0.664. The van der Waals surface area contributed by atoms with Crippen LogP contribution >= 0.6 is 11.6 Å². The number of nitrogen functional groups attached to an aromatic ring is 1. The fourth-order valence-corrected chi connectivity index (χ4v) is 1.59. The van der Waals surface area contributed by atoms with Gasteiger partial charge in [-0.3, -0.25) is 0 Å². The van der Waals surface area contributed by atoms with Gasteiger partial charge in [0.25, 0.3) is 0 Å². The number of anilines is 2. The summed E-state index contributed by atoms with van der Waals surface area (Å²) in [5, 5.41) is 12.8. The van der Waals surface area contributed by atoms with Gasteiger partial charge >= 0.3 is 0 Å². The molecule has 0 spiro atoms. The lowest BCUT2D eigenvalue weighted by Gasteiger charge is -2.12. The lowest BCUT2D eigenvalue weighted by Crippen LogP contribution is -2.14. The first kappa shape index (κ1) is 12.5. The maximum Gasteiger partial charge on any atom is 0.228 e. The molecule has 0 bridgehead atoms. The Morgan fingerprint density at radius 2 is 1.94 bits per heavy atom. The van der Waals surface area contributed by atoms with Crippen LogP contribution in [0.1, 0.15) is 11.7 Å². The van der Waals surface area contributed by atoms with Crippen molar-refractivity contribution in [1.29, 1.82) is 0 Å². The van der Waals surface area contributed by atoms with Gasteiger partial charge in [0.2, 0.25) is 17.2 Å². The largest absolute Gasteiger partial charge is 0.387 e. The lowest BCUT2D eigenvalue weighted by molar-refractivity contribution is 0.191. The Morgan fingerprint density at radius 1 is 1.22 bits per heavy atom. The summed E-state index contributed by atoms with van der Waals surface area (Å²) in [5.74, 6) is 0.272. The van der Waals surface area contributed by atoms with E-state index in [9.17, 15) is 5.11 Å². The third-order valence-electron chi connectivity index (χ3n) is 2.26. The van der Waals surface area contributed by atoms with Gasteiger partial charge in [0.15, 0.2) is 0 Å². The van der Waals surface area contributed by atoms with Crippen LogP contribution in [-0.4, -0.2) is 26.6 Å². The van der Waals surface area contributed by atoms with Crippen molar-refractivity contribution in [3.05, 3.63) is 41.2 Å². The first-order chi connectivity index (χ1) is 8.65. The molecule has 18 heavy (non-hydrogen) atoms. The second kappa shape index (κ2) is 5.61. The van der Waals surface area contributed by atoms with Crippen LogP contribution < -0.4 is 11.1 Å². The lowest BCUT2D eigenvalue weighted by atomic mass is 10.1.